The maximum atomic E-state index is 13.4. The molecule has 0 N–H and O–H groups in total. The number of carbonyl (C=O) groups is 1. The maximum Gasteiger partial charge on any atom is 0.264 e. The molecule has 0 atom stereocenters. The van der Waals surface area contributed by atoms with E-state index in [9.17, 15) is 13.2 Å². The molecular formula is C23H23ClN2O3S2. The Morgan fingerprint density at radius 1 is 1.10 bits per heavy atom. The van der Waals surface area contributed by atoms with E-state index in [0.717, 1.165) is 17.7 Å². The number of nitrogens with zero attached hydrogens (tertiary/aromatic N) is 2. The van der Waals surface area contributed by atoms with Gasteiger partial charge in [0, 0.05) is 17.5 Å². The number of halogens is 1. The van der Waals surface area contributed by atoms with E-state index in [2.05, 4.69) is 0 Å². The van der Waals surface area contributed by atoms with Crippen LogP contribution in [0.1, 0.15) is 35.0 Å². The Hall–Kier alpha value is -2.35. The molecule has 1 saturated carbocycles. The van der Waals surface area contributed by atoms with Crippen molar-refractivity contribution in [3.05, 3.63) is 81.5 Å². The van der Waals surface area contributed by atoms with E-state index in [1.807, 2.05) is 23.6 Å². The molecule has 0 unspecified atom stereocenters. The van der Waals surface area contributed by atoms with Crippen molar-refractivity contribution in [2.45, 2.75) is 37.2 Å². The molecule has 1 aliphatic carbocycles. The van der Waals surface area contributed by atoms with Crippen LogP contribution in [-0.2, 0) is 16.6 Å². The van der Waals surface area contributed by atoms with Crippen LogP contribution in [-0.4, -0.2) is 31.8 Å². The van der Waals surface area contributed by atoms with Crippen molar-refractivity contribution in [1.29, 1.82) is 0 Å². The maximum absolute atomic E-state index is 13.4. The van der Waals surface area contributed by atoms with Gasteiger partial charge in [-0.15, -0.1) is 11.3 Å². The van der Waals surface area contributed by atoms with Gasteiger partial charge in [-0.1, -0.05) is 35.9 Å². The number of hydrogen-bond donors (Lipinski definition) is 0. The Balaban J connectivity index is 1.68. The van der Waals surface area contributed by atoms with Crippen LogP contribution in [0.5, 0.6) is 0 Å². The smallest absolute Gasteiger partial charge is 0.264 e. The van der Waals surface area contributed by atoms with E-state index >= 15 is 0 Å². The zero-order valence-electron chi connectivity index (χ0n) is 17.1. The molecule has 3 aromatic rings. The van der Waals surface area contributed by atoms with Crippen molar-refractivity contribution in [3.63, 3.8) is 0 Å². The fourth-order valence-corrected chi connectivity index (χ4v) is 5.92. The number of amides is 1. The average molecular weight is 475 g/mol. The summed E-state index contributed by atoms with van der Waals surface area (Å²) in [4.78, 5) is 16.3. The molecule has 31 heavy (non-hydrogen) atoms. The predicted molar refractivity (Wildman–Crippen MR) is 125 cm³/mol. The normalized spacial score (nSPS) is 13.7. The lowest BCUT2D eigenvalue weighted by Gasteiger charge is -2.25. The lowest BCUT2D eigenvalue weighted by atomic mass is 10.2. The summed E-state index contributed by atoms with van der Waals surface area (Å²) in [7, 11) is -3.85. The minimum atomic E-state index is -3.85. The standard InChI is InChI=1S/C23H23ClN2O3S2/c1-2-26(18-7-4-3-5-8-18)31(28,29)20-12-13-22(24)21(15-20)23(27)25(17-10-11-17)16-19-9-6-14-30-19/h3-9,12-15,17H,2,10-11,16H2,1H3. The number of anilines is 1. The van der Waals surface area contributed by atoms with Crippen LogP contribution in [0.4, 0.5) is 5.69 Å². The van der Waals surface area contributed by atoms with E-state index in [4.69, 9.17) is 11.6 Å². The second kappa shape index (κ2) is 9.02. The second-order valence-corrected chi connectivity index (χ2v) is 10.7. The van der Waals surface area contributed by atoms with Gasteiger partial charge in [0.15, 0.2) is 0 Å². The third-order valence-electron chi connectivity index (χ3n) is 5.24. The summed E-state index contributed by atoms with van der Waals surface area (Å²) in [6.07, 6.45) is 1.90. The van der Waals surface area contributed by atoms with Crippen LogP contribution in [0.25, 0.3) is 0 Å². The van der Waals surface area contributed by atoms with E-state index in [0.29, 0.717) is 12.2 Å². The molecule has 1 amide bonds. The Kier molecular flexibility index (Phi) is 6.36. The van der Waals surface area contributed by atoms with Gasteiger partial charge >= 0.3 is 0 Å². The fourth-order valence-electron chi connectivity index (χ4n) is 3.52. The molecule has 0 spiro atoms. The summed E-state index contributed by atoms with van der Waals surface area (Å²) in [5.41, 5.74) is 0.792. The first-order valence-electron chi connectivity index (χ1n) is 10.1. The number of carbonyl (C=O) groups excluding carboxylic acids is 1. The van der Waals surface area contributed by atoms with Gasteiger partial charge in [0.2, 0.25) is 0 Å². The molecule has 0 saturated heterocycles. The molecule has 0 radical (unpaired) electrons. The molecule has 1 fully saturated rings. The molecule has 0 aliphatic heterocycles. The van der Waals surface area contributed by atoms with Gasteiger partial charge in [0.1, 0.15) is 0 Å². The summed E-state index contributed by atoms with van der Waals surface area (Å²) in [5.74, 6) is -0.235. The number of benzene rings is 2. The molecule has 162 valence electrons. The number of rotatable bonds is 8. The summed E-state index contributed by atoms with van der Waals surface area (Å²) in [6, 6.07) is 17.4. The highest BCUT2D eigenvalue weighted by Crippen LogP contribution is 2.33. The Morgan fingerprint density at radius 2 is 1.84 bits per heavy atom. The highest BCUT2D eigenvalue weighted by Gasteiger charge is 2.35. The Labute approximate surface area is 191 Å². The van der Waals surface area contributed by atoms with Gasteiger partial charge in [-0.2, -0.15) is 0 Å². The third kappa shape index (κ3) is 4.63. The average Bonchev–Trinajstić information content (AvgIpc) is 3.48. The number of para-hydroxylation sites is 1. The first-order chi connectivity index (χ1) is 14.9. The number of thiophene rings is 1. The summed E-state index contributed by atoms with van der Waals surface area (Å²) in [5, 5.41) is 2.23. The first-order valence-corrected chi connectivity index (χ1v) is 12.8. The predicted octanol–water partition coefficient (Wildman–Crippen LogP) is 5.42. The van der Waals surface area contributed by atoms with Crippen LogP contribution in [0.2, 0.25) is 5.02 Å². The van der Waals surface area contributed by atoms with Crippen LogP contribution in [0, 0.1) is 0 Å². The molecule has 4 rings (SSSR count). The SMILES string of the molecule is CCN(c1ccccc1)S(=O)(=O)c1ccc(Cl)c(C(=O)N(Cc2cccs2)C2CC2)c1. The van der Waals surface area contributed by atoms with Crippen molar-refractivity contribution in [3.8, 4) is 0 Å². The lowest BCUT2D eigenvalue weighted by molar-refractivity contribution is 0.0731. The second-order valence-electron chi connectivity index (χ2n) is 7.39. The number of sulfonamides is 1. The van der Waals surface area contributed by atoms with Crippen molar-refractivity contribution >= 4 is 44.6 Å². The number of hydrogen-bond acceptors (Lipinski definition) is 4. The minimum absolute atomic E-state index is 0.0535. The van der Waals surface area contributed by atoms with Gasteiger partial charge in [-0.25, -0.2) is 8.42 Å². The van der Waals surface area contributed by atoms with E-state index < -0.39 is 10.0 Å². The Morgan fingerprint density at radius 3 is 2.45 bits per heavy atom. The Bertz CT molecular complexity index is 1160. The van der Waals surface area contributed by atoms with Crippen molar-refractivity contribution in [1.82, 2.24) is 4.90 Å². The van der Waals surface area contributed by atoms with E-state index in [1.165, 1.54) is 22.5 Å². The van der Waals surface area contributed by atoms with Gasteiger partial charge in [-0.05, 0) is 61.5 Å². The van der Waals surface area contributed by atoms with Gasteiger partial charge in [0.05, 0.1) is 27.7 Å². The van der Waals surface area contributed by atoms with Crippen LogP contribution < -0.4 is 4.31 Å². The topological polar surface area (TPSA) is 57.7 Å². The highest BCUT2D eigenvalue weighted by atomic mass is 35.5. The van der Waals surface area contributed by atoms with Crippen LogP contribution >= 0.6 is 22.9 Å². The fraction of sp³-hybridized carbons (Fsp3) is 0.261. The van der Waals surface area contributed by atoms with Crippen LogP contribution in [0.3, 0.4) is 0 Å². The quantitative estimate of drug-likeness (QED) is 0.438. The first kappa shape index (κ1) is 21.9. The van der Waals surface area contributed by atoms with Gasteiger partial charge < -0.3 is 4.90 Å². The zero-order chi connectivity index (χ0) is 22.0. The van der Waals surface area contributed by atoms with E-state index in [-0.39, 0.29) is 34.0 Å². The molecule has 1 aromatic heterocycles. The van der Waals surface area contributed by atoms with Gasteiger partial charge in [-0.3, -0.25) is 9.10 Å². The molecule has 2 aromatic carbocycles. The molecule has 0 bridgehead atoms. The third-order valence-corrected chi connectivity index (χ3v) is 8.33. The summed E-state index contributed by atoms with van der Waals surface area (Å²) < 4.78 is 28.1. The summed E-state index contributed by atoms with van der Waals surface area (Å²) >= 11 is 7.97. The zero-order valence-corrected chi connectivity index (χ0v) is 19.5. The minimum Gasteiger partial charge on any atom is -0.330 e. The highest BCUT2D eigenvalue weighted by molar-refractivity contribution is 7.92. The van der Waals surface area contributed by atoms with Crippen molar-refractivity contribution in [2.24, 2.45) is 0 Å². The largest absolute Gasteiger partial charge is 0.330 e. The molecular weight excluding hydrogens is 452 g/mol. The molecule has 1 aliphatic rings. The van der Waals surface area contributed by atoms with Crippen molar-refractivity contribution < 1.29 is 13.2 Å². The van der Waals surface area contributed by atoms with Crippen LogP contribution in [0.15, 0.2) is 70.9 Å². The van der Waals surface area contributed by atoms with Gasteiger partial charge in [0.25, 0.3) is 15.9 Å². The molecule has 8 heteroatoms. The van der Waals surface area contributed by atoms with E-state index in [1.54, 1.807) is 47.4 Å². The lowest BCUT2D eigenvalue weighted by Crippen LogP contribution is -2.33. The molecule has 1 heterocycles. The summed E-state index contributed by atoms with van der Waals surface area (Å²) in [6.45, 7) is 2.55. The molecule has 5 nitrogen and oxygen atoms in total. The monoisotopic (exact) mass is 474 g/mol. The van der Waals surface area contributed by atoms with Crippen molar-refractivity contribution in [2.75, 3.05) is 10.8 Å².